The predicted molar refractivity (Wildman–Crippen MR) is 48.7 cm³/mol. The van der Waals surface area contributed by atoms with Crippen molar-refractivity contribution < 1.29 is 0 Å². The molecule has 10 heavy (non-hydrogen) atoms. The second-order valence-corrected chi connectivity index (χ2v) is 2.53. The average Bonchev–Trinajstić information content (AvgIpc) is 1.90. The summed E-state index contributed by atoms with van der Waals surface area (Å²) in [4.78, 5) is 4.04. The van der Waals surface area contributed by atoms with Crippen LogP contribution in [0.15, 0.2) is 22.8 Å². The van der Waals surface area contributed by atoms with Gasteiger partial charge in [0.15, 0.2) is 0 Å². The number of hydrogen-bond acceptors (Lipinski definition) is 2. The lowest BCUT2D eigenvalue weighted by molar-refractivity contribution is 1.27. The lowest BCUT2D eigenvalue weighted by Crippen LogP contribution is -1.89. The quantitative estimate of drug-likeness (QED) is 0.790. The van der Waals surface area contributed by atoms with E-state index < -0.39 is 0 Å². The normalized spacial score (nSPS) is 8.20. The van der Waals surface area contributed by atoms with Crippen LogP contribution in [0.2, 0.25) is 0 Å². The van der Waals surface area contributed by atoms with Crippen molar-refractivity contribution in [2.24, 2.45) is 0 Å². The van der Waals surface area contributed by atoms with Crippen LogP contribution in [0, 0.1) is 0 Å². The summed E-state index contributed by atoms with van der Waals surface area (Å²) in [7, 11) is 1.84. The largest absolute Gasteiger partial charge is 0.373 e. The summed E-state index contributed by atoms with van der Waals surface area (Å²) in [6.07, 6.45) is 1.76. The van der Waals surface area contributed by atoms with Gasteiger partial charge in [0.25, 0.3) is 0 Å². The first-order valence-electron chi connectivity index (χ1n) is 2.62. The maximum absolute atomic E-state index is 4.04. The lowest BCUT2D eigenvalue weighted by Gasteiger charge is -1.95. The Balaban J connectivity index is 0.000000810. The minimum absolute atomic E-state index is 0. The second-order valence-electron chi connectivity index (χ2n) is 1.61. The van der Waals surface area contributed by atoms with E-state index in [-0.39, 0.29) is 12.4 Å². The fraction of sp³-hybridized carbons (Fsp3) is 0.167. The number of hydrogen-bond donors (Lipinski definition) is 1. The zero-order valence-electron chi connectivity index (χ0n) is 5.47. The van der Waals surface area contributed by atoms with E-state index >= 15 is 0 Å². The molecule has 2 nitrogen and oxygen atoms in total. The SMILES string of the molecule is CNc1ccc(Br)cn1.Cl. The summed E-state index contributed by atoms with van der Waals surface area (Å²) in [6, 6.07) is 3.85. The molecule has 1 heterocycles. The van der Waals surface area contributed by atoms with E-state index in [4.69, 9.17) is 0 Å². The molecule has 0 amide bonds. The molecule has 0 aliphatic rings. The molecule has 56 valence electrons. The molecular formula is C6H8BrClN2. The summed E-state index contributed by atoms with van der Waals surface area (Å²) < 4.78 is 1.00. The molecule has 0 radical (unpaired) electrons. The third-order valence-electron chi connectivity index (χ3n) is 0.984. The van der Waals surface area contributed by atoms with Crippen LogP contribution in [-0.4, -0.2) is 12.0 Å². The molecule has 4 heteroatoms. The van der Waals surface area contributed by atoms with Gasteiger partial charge in [-0.1, -0.05) is 0 Å². The number of halogens is 2. The standard InChI is InChI=1S/C6H7BrN2.ClH/c1-8-6-3-2-5(7)4-9-6;/h2-4H,1H3,(H,8,9);1H. The fourth-order valence-electron chi connectivity index (χ4n) is 0.524. The topological polar surface area (TPSA) is 24.9 Å². The van der Waals surface area contributed by atoms with Crippen molar-refractivity contribution in [3.05, 3.63) is 22.8 Å². The minimum Gasteiger partial charge on any atom is -0.373 e. The third-order valence-corrected chi connectivity index (χ3v) is 1.45. The maximum Gasteiger partial charge on any atom is 0.125 e. The number of aromatic nitrogens is 1. The van der Waals surface area contributed by atoms with E-state index in [9.17, 15) is 0 Å². The van der Waals surface area contributed by atoms with E-state index in [1.54, 1.807) is 6.20 Å². The molecule has 0 aliphatic heterocycles. The van der Waals surface area contributed by atoms with Gasteiger partial charge in [-0.25, -0.2) is 4.98 Å². The van der Waals surface area contributed by atoms with Crippen molar-refractivity contribution in [1.82, 2.24) is 4.98 Å². The van der Waals surface area contributed by atoms with Crippen LogP contribution in [0.4, 0.5) is 5.82 Å². The van der Waals surface area contributed by atoms with Crippen LogP contribution in [0.1, 0.15) is 0 Å². The molecule has 0 spiro atoms. The smallest absolute Gasteiger partial charge is 0.125 e. The molecule has 0 aromatic carbocycles. The van der Waals surface area contributed by atoms with Crippen LogP contribution < -0.4 is 5.32 Å². The van der Waals surface area contributed by atoms with E-state index in [0.717, 1.165) is 10.3 Å². The molecule has 1 aromatic heterocycles. The summed E-state index contributed by atoms with van der Waals surface area (Å²) in [5.74, 6) is 0.887. The third kappa shape index (κ3) is 2.54. The van der Waals surface area contributed by atoms with Crippen molar-refractivity contribution in [3.8, 4) is 0 Å². The highest BCUT2D eigenvalue weighted by Gasteiger charge is 1.86. The van der Waals surface area contributed by atoms with Crippen LogP contribution in [-0.2, 0) is 0 Å². The molecule has 0 saturated heterocycles. The molecule has 1 N–H and O–H groups in total. The van der Waals surface area contributed by atoms with E-state index in [2.05, 4.69) is 26.2 Å². The Morgan fingerprint density at radius 2 is 2.20 bits per heavy atom. The Bertz CT molecular complexity index is 187. The van der Waals surface area contributed by atoms with Gasteiger partial charge in [-0.2, -0.15) is 0 Å². The Kier molecular flexibility index (Phi) is 4.40. The summed E-state index contributed by atoms with van der Waals surface area (Å²) in [6.45, 7) is 0. The summed E-state index contributed by atoms with van der Waals surface area (Å²) >= 11 is 3.28. The predicted octanol–water partition coefficient (Wildman–Crippen LogP) is 2.31. The van der Waals surface area contributed by atoms with Crippen LogP contribution in [0.3, 0.4) is 0 Å². The zero-order valence-corrected chi connectivity index (χ0v) is 7.87. The first-order valence-corrected chi connectivity index (χ1v) is 3.41. The van der Waals surface area contributed by atoms with Gasteiger partial charge in [-0.3, -0.25) is 0 Å². The van der Waals surface area contributed by atoms with Crippen molar-refractivity contribution in [3.63, 3.8) is 0 Å². The van der Waals surface area contributed by atoms with Gasteiger partial charge in [-0.05, 0) is 28.1 Å². The maximum atomic E-state index is 4.04. The number of anilines is 1. The molecule has 1 aromatic rings. The van der Waals surface area contributed by atoms with Crippen molar-refractivity contribution in [2.75, 3.05) is 12.4 Å². The molecule has 0 fully saturated rings. The van der Waals surface area contributed by atoms with Crippen molar-refractivity contribution in [2.45, 2.75) is 0 Å². The highest BCUT2D eigenvalue weighted by molar-refractivity contribution is 9.10. The lowest BCUT2D eigenvalue weighted by atomic mass is 10.5. The second kappa shape index (κ2) is 4.52. The monoisotopic (exact) mass is 222 g/mol. The van der Waals surface area contributed by atoms with E-state index in [1.165, 1.54) is 0 Å². The van der Waals surface area contributed by atoms with Gasteiger partial charge in [0.2, 0.25) is 0 Å². The Morgan fingerprint density at radius 1 is 1.50 bits per heavy atom. The molecule has 0 atom stereocenters. The zero-order chi connectivity index (χ0) is 6.69. The van der Waals surface area contributed by atoms with Crippen LogP contribution in [0.25, 0.3) is 0 Å². The molecule has 0 aliphatic carbocycles. The van der Waals surface area contributed by atoms with Gasteiger partial charge < -0.3 is 5.32 Å². The summed E-state index contributed by atoms with van der Waals surface area (Å²) in [5.41, 5.74) is 0. The molecule has 1 rings (SSSR count). The Labute approximate surface area is 74.6 Å². The van der Waals surface area contributed by atoms with Gasteiger partial charge >= 0.3 is 0 Å². The van der Waals surface area contributed by atoms with Crippen molar-refractivity contribution >= 4 is 34.2 Å². The van der Waals surface area contributed by atoms with Crippen LogP contribution in [0.5, 0.6) is 0 Å². The fourth-order valence-corrected chi connectivity index (χ4v) is 0.758. The van der Waals surface area contributed by atoms with Gasteiger partial charge in [0.05, 0.1) is 0 Å². The molecular weight excluding hydrogens is 215 g/mol. The first-order chi connectivity index (χ1) is 4.33. The van der Waals surface area contributed by atoms with Crippen molar-refractivity contribution in [1.29, 1.82) is 0 Å². The highest BCUT2D eigenvalue weighted by atomic mass is 79.9. The number of nitrogens with zero attached hydrogens (tertiary/aromatic N) is 1. The molecule has 0 bridgehead atoms. The highest BCUT2D eigenvalue weighted by Crippen LogP contribution is 2.09. The minimum atomic E-state index is 0. The molecule has 0 unspecified atom stereocenters. The number of nitrogens with one attached hydrogen (secondary N) is 1. The van der Waals surface area contributed by atoms with E-state index in [1.807, 2.05) is 19.2 Å². The Morgan fingerprint density at radius 3 is 2.60 bits per heavy atom. The Hall–Kier alpha value is -0.280. The number of rotatable bonds is 1. The van der Waals surface area contributed by atoms with Crippen LogP contribution >= 0.6 is 28.3 Å². The van der Waals surface area contributed by atoms with Gasteiger partial charge in [0, 0.05) is 17.7 Å². The van der Waals surface area contributed by atoms with E-state index in [0.29, 0.717) is 0 Å². The summed E-state index contributed by atoms with van der Waals surface area (Å²) in [5, 5.41) is 2.92. The first kappa shape index (κ1) is 9.72. The number of pyridine rings is 1. The van der Waals surface area contributed by atoms with Gasteiger partial charge in [0.1, 0.15) is 5.82 Å². The van der Waals surface area contributed by atoms with Gasteiger partial charge in [-0.15, -0.1) is 12.4 Å². The molecule has 0 saturated carbocycles. The average molecular weight is 224 g/mol.